The van der Waals surface area contributed by atoms with Gasteiger partial charge in [0.15, 0.2) is 0 Å². The molecular formula is C16H30N2O. The molecule has 1 heterocycles. The van der Waals surface area contributed by atoms with E-state index < -0.39 is 0 Å². The number of hydrogen-bond acceptors (Lipinski definition) is 2. The first-order valence-electron chi connectivity index (χ1n) is 8.05. The molecule has 0 bridgehead atoms. The summed E-state index contributed by atoms with van der Waals surface area (Å²) >= 11 is 0. The van der Waals surface area contributed by atoms with Crippen LogP contribution in [0.15, 0.2) is 0 Å². The molecular weight excluding hydrogens is 236 g/mol. The van der Waals surface area contributed by atoms with Crippen LogP contribution in [0.25, 0.3) is 0 Å². The van der Waals surface area contributed by atoms with E-state index in [-0.39, 0.29) is 12.2 Å². The highest BCUT2D eigenvalue weighted by molar-refractivity contribution is 5.84. The molecule has 1 saturated heterocycles. The lowest BCUT2D eigenvalue weighted by Crippen LogP contribution is -2.42. The van der Waals surface area contributed by atoms with E-state index in [0.717, 1.165) is 18.9 Å². The third-order valence-electron chi connectivity index (χ3n) is 4.34. The average Bonchev–Trinajstić information content (AvgIpc) is 3.08. The minimum atomic E-state index is 0.0494. The average molecular weight is 266 g/mol. The number of rotatable bonds is 7. The summed E-state index contributed by atoms with van der Waals surface area (Å²) in [6.07, 6.45) is 6.52. The van der Waals surface area contributed by atoms with Gasteiger partial charge in [0.05, 0.1) is 12.2 Å². The fraction of sp³-hybridized carbons (Fsp3) is 0.938. The predicted molar refractivity (Wildman–Crippen MR) is 78.7 cm³/mol. The smallest absolute Gasteiger partial charge is 0.241 e. The summed E-state index contributed by atoms with van der Waals surface area (Å²) in [6, 6.07) is 0.0494. The molecule has 2 fully saturated rings. The molecule has 0 radical (unpaired) electrons. The Balaban J connectivity index is 1.89. The molecule has 3 nitrogen and oxygen atoms in total. The van der Waals surface area contributed by atoms with E-state index in [9.17, 15) is 4.79 Å². The highest BCUT2D eigenvalue weighted by Crippen LogP contribution is 2.34. The van der Waals surface area contributed by atoms with Gasteiger partial charge in [-0.15, -0.1) is 0 Å². The highest BCUT2D eigenvalue weighted by Gasteiger charge is 2.39. The Kier molecular flexibility index (Phi) is 4.88. The summed E-state index contributed by atoms with van der Waals surface area (Å²) in [4.78, 5) is 14.6. The SMILES string of the molecule is CC(C)CC1NC(C(C)C)N(CCCC2CC2)C1=O. The van der Waals surface area contributed by atoms with Gasteiger partial charge in [0.1, 0.15) is 0 Å². The summed E-state index contributed by atoms with van der Waals surface area (Å²) in [7, 11) is 0. The van der Waals surface area contributed by atoms with Crippen molar-refractivity contribution in [1.82, 2.24) is 10.2 Å². The Bertz CT molecular complexity index is 310. The minimum absolute atomic E-state index is 0.0494. The minimum Gasteiger partial charge on any atom is -0.326 e. The molecule has 0 aromatic carbocycles. The maximum Gasteiger partial charge on any atom is 0.241 e. The number of hydrogen-bond donors (Lipinski definition) is 1. The summed E-state index contributed by atoms with van der Waals surface area (Å²) in [6.45, 7) is 9.73. The van der Waals surface area contributed by atoms with Gasteiger partial charge < -0.3 is 4.90 Å². The van der Waals surface area contributed by atoms with E-state index >= 15 is 0 Å². The Morgan fingerprint density at radius 3 is 2.47 bits per heavy atom. The Hall–Kier alpha value is -0.570. The summed E-state index contributed by atoms with van der Waals surface area (Å²) in [5.74, 6) is 2.36. The van der Waals surface area contributed by atoms with Gasteiger partial charge in [-0.3, -0.25) is 10.1 Å². The lowest BCUT2D eigenvalue weighted by molar-refractivity contribution is -0.130. The number of amides is 1. The van der Waals surface area contributed by atoms with Crippen LogP contribution in [-0.4, -0.2) is 29.6 Å². The van der Waals surface area contributed by atoms with Crippen molar-refractivity contribution in [2.24, 2.45) is 17.8 Å². The molecule has 2 atom stereocenters. The van der Waals surface area contributed by atoms with Crippen LogP contribution in [0.5, 0.6) is 0 Å². The lowest BCUT2D eigenvalue weighted by Gasteiger charge is -2.27. The first kappa shape index (κ1) is 14.8. The normalized spacial score (nSPS) is 27.9. The largest absolute Gasteiger partial charge is 0.326 e. The van der Waals surface area contributed by atoms with E-state index in [1.165, 1.54) is 25.7 Å². The summed E-state index contributed by atoms with van der Waals surface area (Å²) < 4.78 is 0. The number of carbonyl (C=O) groups is 1. The van der Waals surface area contributed by atoms with Crippen molar-refractivity contribution in [3.05, 3.63) is 0 Å². The van der Waals surface area contributed by atoms with E-state index in [0.29, 0.717) is 17.7 Å². The van der Waals surface area contributed by atoms with Crippen LogP contribution in [0.2, 0.25) is 0 Å². The van der Waals surface area contributed by atoms with Gasteiger partial charge in [0, 0.05) is 6.54 Å². The molecule has 0 aromatic rings. The molecule has 2 aliphatic rings. The zero-order valence-electron chi connectivity index (χ0n) is 13.0. The molecule has 1 N–H and O–H groups in total. The van der Waals surface area contributed by atoms with E-state index in [2.05, 4.69) is 37.9 Å². The van der Waals surface area contributed by atoms with Crippen LogP contribution in [-0.2, 0) is 4.79 Å². The summed E-state index contributed by atoms with van der Waals surface area (Å²) in [5, 5.41) is 3.55. The fourth-order valence-corrected chi connectivity index (χ4v) is 3.10. The van der Waals surface area contributed by atoms with E-state index in [1.807, 2.05) is 0 Å². The van der Waals surface area contributed by atoms with Crippen LogP contribution in [0.1, 0.15) is 59.8 Å². The fourth-order valence-electron chi connectivity index (χ4n) is 3.10. The van der Waals surface area contributed by atoms with Crippen molar-refractivity contribution in [3.63, 3.8) is 0 Å². The van der Waals surface area contributed by atoms with E-state index in [4.69, 9.17) is 0 Å². The maximum absolute atomic E-state index is 12.5. The van der Waals surface area contributed by atoms with Crippen molar-refractivity contribution in [3.8, 4) is 0 Å². The number of carbonyl (C=O) groups excluding carboxylic acids is 1. The van der Waals surface area contributed by atoms with Crippen molar-refractivity contribution >= 4 is 5.91 Å². The quantitative estimate of drug-likeness (QED) is 0.768. The Labute approximate surface area is 118 Å². The first-order chi connectivity index (χ1) is 8.99. The van der Waals surface area contributed by atoms with Crippen molar-refractivity contribution in [2.45, 2.75) is 72.0 Å². The monoisotopic (exact) mass is 266 g/mol. The van der Waals surface area contributed by atoms with Gasteiger partial charge in [-0.1, -0.05) is 40.5 Å². The van der Waals surface area contributed by atoms with Crippen molar-refractivity contribution in [2.75, 3.05) is 6.54 Å². The van der Waals surface area contributed by atoms with Crippen LogP contribution >= 0.6 is 0 Å². The van der Waals surface area contributed by atoms with Crippen LogP contribution in [0.4, 0.5) is 0 Å². The molecule has 0 spiro atoms. The molecule has 110 valence electrons. The second-order valence-electron chi connectivity index (χ2n) is 7.15. The zero-order chi connectivity index (χ0) is 14.0. The molecule has 0 aromatic heterocycles. The molecule has 1 aliphatic carbocycles. The van der Waals surface area contributed by atoms with Gasteiger partial charge >= 0.3 is 0 Å². The Morgan fingerprint density at radius 1 is 1.26 bits per heavy atom. The van der Waals surface area contributed by atoms with Gasteiger partial charge in [0.2, 0.25) is 5.91 Å². The molecule has 19 heavy (non-hydrogen) atoms. The van der Waals surface area contributed by atoms with Gasteiger partial charge in [-0.05, 0) is 37.0 Å². The number of nitrogens with one attached hydrogen (secondary N) is 1. The number of nitrogens with zero attached hydrogens (tertiary/aromatic N) is 1. The second-order valence-corrected chi connectivity index (χ2v) is 7.15. The molecule has 2 unspecified atom stereocenters. The highest BCUT2D eigenvalue weighted by atomic mass is 16.2. The maximum atomic E-state index is 12.5. The molecule has 1 saturated carbocycles. The Morgan fingerprint density at radius 2 is 1.95 bits per heavy atom. The van der Waals surface area contributed by atoms with Crippen LogP contribution in [0.3, 0.4) is 0 Å². The van der Waals surface area contributed by atoms with Gasteiger partial charge in [0.25, 0.3) is 0 Å². The zero-order valence-corrected chi connectivity index (χ0v) is 13.0. The van der Waals surface area contributed by atoms with Crippen molar-refractivity contribution in [1.29, 1.82) is 0 Å². The van der Waals surface area contributed by atoms with Crippen LogP contribution in [0, 0.1) is 17.8 Å². The topological polar surface area (TPSA) is 32.3 Å². The van der Waals surface area contributed by atoms with Gasteiger partial charge in [-0.25, -0.2) is 0 Å². The molecule has 1 amide bonds. The summed E-state index contributed by atoms with van der Waals surface area (Å²) in [5.41, 5.74) is 0. The molecule has 3 heteroatoms. The molecule has 1 aliphatic heterocycles. The van der Waals surface area contributed by atoms with Gasteiger partial charge in [-0.2, -0.15) is 0 Å². The first-order valence-corrected chi connectivity index (χ1v) is 8.05. The predicted octanol–water partition coefficient (Wildman–Crippen LogP) is 3.01. The third-order valence-corrected chi connectivity index (χ3v) is 4.34. The third kappa shape index (κ3) is 3.95. The lowest BCUT2D eigenvalue weighted by atomic mass is 10.0. The second kappa shape index (κ2) is 6.25. The van der Waals surface area contributed by atoms with Crippen molar-refractivity contribution < 1.29 is 4.79 Å². The van der Waals surface area contributed by atoms with E-state index in [1.54, 1.807) is 0 Å². The van der Waals surface area contributed by atoms with Crippen LogP contribution < -0.4 is 5.32 Å². The molecule has 2 rings (SSSR count). The standard InChI is InChI=1S/C16H30N2O/c1-11(2)10-14-16(19)18(15(17-14)12(3)4)9-5-6-13-7-8-13/h11-15,17H,5-10H2,1-4H3.